The Bertz CT molecular complexity index is 475. The Labute approximate surface area is 87.8 Å². The monoisotopic (exact) mass is 197 g/mol. The summed E-state index contributed by atoms with van der Waals surface area (Å²) in [4.78, 5) is 11.9. The molecule has 0 unspecified atom stereocenters. The summed E-state index contributed by atoms with van der Waals surface area (Å²) in [5.74, 6) is -0.295. The predicted molar refractivity (Wildman–Crippen MR) is 56.8 cm³/mol. The summed E-state index contributed by atoms with van der Waals surface area (Å²) in [5.41, 5.74) is 0.844. The number of ketones is 1. The number of rotatable bonds is 2. The van der Waals surface area contributed by atoms with Gasteiger partial charge in [-0.05, 0) is 6.07 Å². The van der Waals surface area contributed by atoms with E-state index in [1.165, 1.54) is 0 Å². The number of hydrogen-bond donors (Lipinski definition) is 1. The molecule has 2 heteroatoms. The molecule has 0 aliphatic rings. The number of carbonyl (C=O) groups is 1. The first-order valence-corrected chi connectivity index (χ1v) is 4.58. The summed E-state index contributed by atoms with van der Waals surface area (Å²) in [5, 5.41) is 9.47. The van der Waals surface area contributed by atoms with Crippen LogP contribution in [0.2, 0.25) is 0 Å². The third kappa shape index (κ3) is 1.89. The molecule has 73 valence electrons. The molecule has 0 aliphatic heterocycles. The maximum absolute atomic E-state index is 11.9. The molecular formula is C13H9O2. The summed E-state index contributed by atoms with van der Waals surface area (Å²) in [6, 6.07) is 16.3. The Balaban J connectivity index is 2.42. The highest BCUT2D eigenvalue weighted by Gasteiger charge is 2.11. The lowest BCUT2D eigenvalue weighted by Crippen LogP contribution is -2.00. The average Bonchev–Trinajstić information content (AvgIpc) is 2.30. The van der Waals surface area contributed by atoms with E-state index in [1.54, 1.807) is 42.5 Å². The minimum absolute atomic E-state index is 0.105. The van der Waals surface area contributed by atoms with Crippen LogP contribution < -0.4 is 0 Å². The Hall–Kier alpha value is -2.09. The second-order valence-corrected chi connectivity index (χ2v) is 3.13. The van der Waals surface area contributed by atoms with Crippen LogP contribution in [0.4, 0.5) is 0 Å². The molecule has 0 saturated carbocycles. The van der Waals surface area contributed by atoms with Gasteiger partial charge in [-0.3, -0.25) is 4.79 Å². The summed E-state index contributed by atoms with van der Waals surface area (Å²) in [6.45, 7) is 0. The predicted octanol–water partition coefficient (Wildman–Crippen LogP) is 2.42. The molecule has 0 amide bonds. The number of benzene rings is 2. The lowest BCUT2D eigenvalue weighted by atomic mass is 10.0. The Morgan fingerprint density at radius 2 is 1.80 bits per heavy atom. The van der Waals surface area contributed by atoms with Crippen LogP contribution >= 0.6 is 0 Å². The maximum Gasteiger partial charge on any atom is 0.196 e. The molecule has 2 nitrogen and oxygen atoms in total. The topological polar surface area (TPSA) is 37.3 Å². The highest BCUT2D eigenvalue weighted by Crippen LogP contribution is 2.18. The largest absolute Gasteiger partial charge is 0.507 e. The van der Waals surface area contributed by atoms with Crippen molar-refractivity contribution in [1.82, 2.24) is 0 Å². The Kier molecular flexibility index (Phi) is 2.50. The second kappa shape index (κ2) is 3.96. The zero-order chi connectivity index (χ0) is 10.7. The van der Waals surface area contributed by atoms with Crippen LogP contribution in [0.15, 0.2) is 48.5 Å². The van der Waals surface area contributed by atoms with Crippen molar-refractivity contribution >= 4 is 5.78 Å². The number of phenols is 1. The molecular weight excluding hydrogens is 188 g/mol. The van der Waals surface area contributed by atoms with Crippen molar-refractivity contribution in [2.75, 3.05) is 0 Å². The van der Waals surface area contributed by atoms with Gasteiger partial charge in [0.25, 0.3) is 0 Å². The quantitative estimate of drug-likeness (QED) is 0.751. The highest BCUT2D eigenvalue weighted by molar-refractivity contribution is 6.10. The number of phenolic OH excluding ortho intramolecular Hbond substituents is 1. The number of aromatic hydroxyl groups is 1. The molecule has 2 rings (SSSR count). The average molecular weight is 197 g/mol. The normalized spacial score (nSPS) is 9.87. The summed E-state index contributed by atoms with van der Waals surface area (Å²) in [6.07, 6.45) is 0. The molecule has 0 heterocycles. The first-order chi connectivity index (χ1) is 7.29. The van der Waals surface area contributed by atoms with Crippen LogP contribution in [0.1, 0.15) is 15.9 Å². The molecule has 1 radical (unpaired) electrons. The van der Waals surface area contributed by atoms with Crippen molar-refractivity contribution in [2.24, 2.45) is 0 Å². The van der Waals surface area contributed by atoms with Crippen LogP contribution in [0.5, 0.6) is 5.75 Å². The van der Waals surface area contributed by atoms with Crippen molar-refractivity contribution in [3.05, 3.63) is 65.7 Å². The van der Waals surface area contributed by atoms with Gasteiger partial charge in [-0.25, -0.2) is 0 Å². The third-order valence-corrected chi connectivity index (χ3v) is 2.11. The van der Waals surface area contributed by atoms with E-state index in [9.17, 15) is 9.90 Å². The van der Waals surface area contributed by atoms with E-state index < -0.39 is 0 Å². The molecule has 0 atom stereocenters. The maximum atomic E-state index is 11.9. The first-order valence-electron chi connectivity index (χ1n) is 4.58. The smallest absolute Gasteiger partial charge is 0.196 e. The minimum Gasteiger partial charge on any atom is -0.507 e. The zero-order valence-corrected chi connectivity index (χ0v) is 7.97. The standard InChI is InChI=1S/C13H9O2/c14-12-9-5-4-8-11(12)13(15)10-6-2-1-3-7-10/h1-8,14H. The van der Waals surface area contributed by atoms with Gasteiger partial charge in [0, 0.05) is 11.6 Å². The van der Waals surface area contributed by atoms with Gasteiger partial charge in [-0.1, -0.05) is 42.5 Å². The molecule has 0 spiro atoms. The van der Waals surface area contributed by atoms with Crippen molar-refractivity contribution in [3.63, 3.8) is 0 Å². The molecule has 0 saturated heterocycles. The fraction of sp³-hybridized carbons (Fsp3) is 0. The summed E-state index contributed by atoms with van der Waals surface area (Å²) >= 11 is 0. The number of carbonyl (C=O) groups excluding carboxylic acids is 1. The van der Waals surface area contributed by atoms with Gasteiger partial charge in [0.2, 0.25) is 0 Å². The van der Waals surface area contributed by atoms with Gasteiger partial charge in [0.15, 0.2) is 5.78 Å². The van der Waals surface area contributed by atoms with Gasteiger partial charge < -0.3 is 5.11 Å². The Morgan fingerprint density at radius 3 is 2.47 bits per heavy atom. The van der Waals surface area contributed by atoms with Gasteiger partial charge in [-0.2, -0.15) is 0 Å². The van der Waals surface area contributed by atoms with Crippen LogP contribution in [-0.2, 0) is 0 Å². The van der Waals surface area contributed by atoms with Gasteiger partial charge in [0.05, 0.1) is 5.56 Å². The first kappa shape index (κ1) is 9.46. The molecule has 0 aromatic heterocycles. The van der Waals surface area contributed by atoms with Crippen molar-refractivity contribution in [3.8, 4) is 5.75 Å². The molecule has 15 heavy (non-hydrogen) atoms. The van der Waals surface area contributed by atoms with E-state index in [0.29, 0.717) is 5.56 Å². The lowest BCUT2D eigenvalue weighted by molar-refractivity contribution is 0.103. The van der Waals surface area contributed by atoms with Crippen molar-refractivity contribution < 1.29 is 9.90 Å². The van der Waals surface area contributed by atoms with E-state index >= 15 is 0 Å². The fourth-order valence-corrected chi connectivity index (χ4v) is 1.36. The number of para-hydroxylation sites is 1. The van der Waals surface area contributed by atoms with Gasteiger partial charge in [-0.15, -0.1) is 0 Å². The van der Waals surface area contributed by atoms with E-state index in [-0.39, 0.29) is 17.1 Å². The summed E-state index contributed by atoms with van der Waals surface area (Å²) < 4.78 is 0. The molecule has 0 aliphatic carbocycles. The Morgan fingerprint density at radius 1 is 1.07 bits per heavy atom. The van der Waals surface area contributed by atoms with Crippen LogP contribution in [0, 0.1) is 6.07 Å². The lowest BCUT2D eigenvalue weighted by Gasteiger charge is -2.02. The molecule has 1 N–H and O–H groups in total. The number of hydrogen-bond acceptors (Lipinski definition) is 2. The molecule has 2 aromatic carbocycles. The fourth-order valence-electron chi connectivity index (χ4n) is 1.36. The minimum atomic E-state index is -0.190. The third-order valence-electron chi connectivity index (χ3n) is 2.11. The SMILES string of the molecule is O=C(c1ccccc1)c1ccc[c]c1O. The van der Waals surface area contributed by atoms with Gasteiger partial charge in [0.1, 0.15) is 5.75 Å². The van der Waals surface area contributed by atoms with Gasteiger partial charge >= 0.3 is 0 Å². The van der Waals surface area contributed by atoms with E-state index in [2.05, 4.69) is 6.07 Å². The second-order valence-electron chi connectivity index (χ2n) is 3.13. The summed E-state index contributed by atoms with van der Waals surface area (Å²) in [7, 11) is 0. The van der Waals surface area contributed by atoms with E-state index in [1.807, 2.05) is 6.07 Å². The zero-order valence-electron chi connectivity index (χ0n) is 7.97. The van der Waals surface area contributed by atoms with Crippen LogP contribution in [0.3, 0.4) is 0 Å². The molecule has 0 bridgehead atoms. The van der Waals surface area contributed by atoms with E-state index in [0.717, 1.165) is 0 Å². The molecule has 2 aromatic rings. The van der Waals surface area contributed by atoms with Crippen molar-refractivity contribution in [2.45, 2.75) is 0 Å². The molecule has 0 fully saturated rings. The van der Waals surface area contributed by atoms with Crippen LogP contribution in [0.25, 0.3) is 0 Å². The van der Waals surface area contributed by atoms with Crippen molar-refractivity contribution in [1.29, 1.82) is 0 Å². The van der Waals surface area contributed by atoms with Crippen LogP contribution in [-0.4, -0.2) is 10.9 Å². The highest BCUT2D eigenvalue weighted by atomic mass is 16.3. The van der Waals surface area contributed by atoms with E-state index in [4.69, 9.17) is 0 Å².